The van der Waals surface area contributed by atoms with Gasteiger partial charge in [-0.3, -0.25) is 13.9 Å². The molecule has 0 radical (unpaired) electrons. The molecule has 1 atom stereocenters. The van der Waals surface area contributed by atoms with Crippen molar-refractivity contribution in [2.75, 3.05) is 38.7 Å². The summed E-state index contributed by atoms with van der Waals surface area (Å²) in [7, 11) is 0.161. The second-order valence-corrected chi connectivity index (χ2v) is 10.3. The van der Waals surface area contributed by atoms with Crippen LogP contribution in [0.1, 0.15) is 12.5 Å². The van der Waals surface area contributed by atoms with Crippen LogP contribution in [0.5, 0.6) is 11.5 Å². The number of hydrogen-bond acceptors (Lipinski definition) is 6. The zero-order chi connectivity index (χ0) is 27.7. The third kappa shape index (κ3) is 6.63. The van der Waals surface area contributed by atoms with Crippen LogP contribution in [0.4, 0.5) is 5.69 Å². The summed E-state index contributed by atoms with van der Waals surface area (Å²) in [5, 5.41) is 2.57. The van der Waals surface area contributed by atoms with Gasteiger partial charge in [0.25, 0.3) is 10.0 Å². The molecule has 0 aromatic heterocycles. The molecule has 0 saturated carbocycles. The number of likely N-dealkylation sites (N-methyl/N-ethyl adjacent to an activating group) is 1. The van der Waals surface area contributed by atoms with Gasteiger partial charge in [-0.05, 0) is 43.2 Å². The fraction of sp³-hybridized carbons (Fsp3) is 0.286. The minimum atomic E-state index is -4.21. The fourth-order valence-electron chi connectivity index (χ4n) is 4.00. The Morgan fingerprint density at radius 3 is 2.13 bits per heavy atom. The van der Waals surface area contributed by atoms with Crippen molar-refractivity contribution >= 4 is 27.5 Å². The molecular weight excluding hydrogens is 506 g/mol. The summed E-state index contributed by atoms with van der Waals surface area (Å²) < 4.78 is 39.5. The van der Waals surface area contributed by atoms with Crippen molar-refractivity contribution in [2.24, 2.45) is 0 Å². The van der Waals surface area contributed by atoms with Crippen molar-refractivity contribution in [3.05, 3.63) is 84.4 Å². The van der Waals surface area contributed by atoms with Crippen LogP contribution in [0.25, 0.3) is 0 Å². The van der Waals surface area contributed by atoms with Crippen molar-refractivity contribution in [3.8, 4) is 11.5 Å². The number of nitrogens with zero attached hydrogens (tertiary/aromatic N) is 2. The van der Waals surface area contributed by atoms with Crippen molar-refractivity contribution < 1.29 is 27.5 Å². The van der Waals surface area contributed by atoms with E-state index in [1.165, 1.54) is 44.4 Å². The van der Waals surface area contributed by atoms with Gasteiger partial charge in [0.2, 0.25) is 11.8 Å². The number of carbonyl (C=O) groups is 2. The molecule has 0 aliphatic rings. The van der Waals surface area contributed by atoms with Gasteiger partial charge in [0.1, 0.15) is 24.1 Å². The summed E-state index contributed by atoms with van der Waals surface area (Å²) in [4.78, 5) is 27.8. The number of hydrogen-bond donors (Lipinski definition) is 1. The maximum atomic E-state index is 13.9. The summed E-state index contributed by atoms with van der Waals surface area (Å²) in [5.41, 5.74) is 1.12. The predicted molar refractivity (Wildman–Crippen MR) is 146 cm³/mol. The first-order valence-corrected chi connectivity index (χ1v) is 13.5. The van der Waals surface area contributed by atoms with E-state index in [4.69, 9.17) is 9.47 Å². The third-order valence-electron chi connectivity index (χ3n) is 6.16. The Balaban J connectivity index is 2.05. The normalized spacial score (nSPS) is 11.8. The zero-order valence-corrected chi connectivity index (χ0v) is 22.8. The molecule has 3 aromatic carbocycles. The summed E-state index contributed by atoms with van der Waals surface area (Å²) in [6, 6.07) is 21.3. The highest BCUT2D eigenvalue weighted by molar-refractivity contribution is 7.92. The summed E-state index contributed by atoms with van der Waals surface area (Å²) >= 11 is 0. The molecule has 0 heterocycles. The standard InChI is InChI=1S/C28H33N3O6S/c1-21(28(33)29-2)30(18-17-22-11-7-5-8-12-22)27(32)20-31(38(34,35)24-13-9-6-10-14-24)25-19-23(36-3)15-16-26(25)37-4/h5-16,19,21H,17-18,20H2,1-4H3,(H,29,33). The van der Waals surface area contributed by atoms with Crippen LogP contribution in [0, 0.1) is 0 Å². The van der Waals surface area contributed by atoms with E-state index >= 15 is 0 Å². The highest BCUT2D eigenvalue weighted by atomic mass is 32.2. The molecule has 0 aliphatic heterocycles. The maximum Gasteiger partial charge on any atom is 0.264 e. The minimum Gasteiger partial charge on any atom is -0.497 e. The first kappa shape index (κ1) is 28.5. The Bertz CT molecular complexity index is 1330. The SMILES string of the molecule is CNC(=O)C(C)N(CCc1ccccc1)C(=O)CN(c1cc(OC)ccc1OC)S(=O)(=O)c1ccccc1. The molecule has 38 heavy (non-hydrogen) atoms. The molecule has 2 amide bonds. The molecule has 0 saturated heterocycles. The Hall–Kier alpha value is -4.05. The zero-order valence-electron chi connectivity index (χ0n) is 22.0. The van der Waals surface area contributed by atoms with Gasteiger partial charge in [0, 0.05) is 19.7 Å². The molecule has 3 aromatic rings. The lowest BCUT2D eigenvalue weighted by Gasteiger charge is -2.32. The van der Waals surface area contributed by atoms with E-state index in [9.17, 15) is 18.0 Å². The van der Waals surface area contributed by atoms with E-state index in [1.54, 1.807) is 37.3 Å². The maximum absolute atomic E-state index is 13.9. The molecule has 3 rings (SSSR count). The van der Waals surface area contributed by atoms with Gasteiger partial charge in [-0.15, -0.1) is 0 Å². The van der Waals surface area contributed by atoms with Gasteiger partial charge in [-0.2, -0.15) is 0 Å². The number of nitrogens with one attached hydrogen (secondary N) is 1. The number of anilines is 1. The van der Waals surface area contributed by atoms with Crippen LogP contribution in [-0.4, -0.2) is 65.5 Å². The van der Waals surface area contributed by atoms with E-state index in [0.717, 1.165) is 9.87 Å². The van der Waals surface area contributed by atoms with Crippen LogP contribution in [0.15, 0.2) is 83.8 Å². The minimum absolute atomic E-state index is 0.00728. The lowest BCUT2D eigenvalue weighted by atomic mass is 10.1. The van der Waals surface area contributed by atoms with Crippen LogP contribution in [-0.2, 0) is 26.0 Å². The smallest absolute Gasteiger partial charge is 0.264 e. The summed E-state index contributed by atoms with van der Waals surface area (Å²) in [5.74, 6) is -0.265. The number of amides is 2. The molecule has 1 unspecified atom stereocenters. The van der Waals surface area contributed by atoms with Gasteiger partial charge in [-0.25, -0.2) is 8.42 Å². The van der Waals surface area contributed by atoms with E-state index in [-0.39, 0.29) is 28.8 Å². The van der Waals surface area contributed by atoms with Crippen molar-refractivity contribution in [1.29, 1.82) is 0 Å². The largest absolute Gasteiger partial charge is 0.497 e. The van der Waals surface area contributed by atoms with Crippen molar-refractivity contribution in [1.82, 2.24) is 10.2 Å². The lowest BCUT2D eigenvalue weighted by Crippen LogP contribution is -2.51. The Morgan fingerprint density at radius 2 is 1.55 bits per heavy atom. The van der Waals surface area contributed by atoms with Crippen LogP contribution < -0.4 is 19.1 Å². The molecule has 202 valence electrons. The molecular formula is C28H33N3O6S. The third-order valence-corrected chi connectivity index (χ3v) is 7.94. The average Bonchev–Trinajstić information content (AvgIpc) is 2.95. The van der Waals surface area contributed by atoms with Crippen LogP contribution >= 0.6 is 0 Å². The number of benzene rings is 3. The molecule has 1 N–H and O–H groups in total. The second-order valence-electron chi connectivity index (χ2n) is 8.48. The molecule has 0 aliphatic carbocycles. The molecule has 0 spiro atoms. The van der Waals surface area contributed by atoms with Gasteiger partial charge in [0.05, 0.1) is 24.8 Å². The number of carbonyl (C=O) groups excluding carboxylic acids is 2. The van der Waals surface area contributed by atoms with E-state index in [0.29, 0.717) is 12.2 Å². The first-order chi connectivity index (χ1) is 18.2. The average molecular weight is 540 g/mol. The summed E-state index contributed by atoms with van der Waals surface area (Å²) in [6.07, 6.45) is 0.488. The van der Waals surface area contributed by atoms with Gasteiger partial charge < -0.3 is 19.7 Å². The monoisotopic (exact) mass is 539 g/mol. The molecule has 0 bridgehead atoms. The predicted octanol–water partition coefficient (Wildman–Crippen LogP) is 3.10. The number of rotatable bonds is 12. The Kier molecular flexibility index (Phi) is 9.72. The Morgan fingerprint density at radius 1 is 0.921 bits per heavy atom. The molecule has 0 fully saturated rings. The highest BCUT2D eigenvalue weighted by Gasteiger charge is 2.33. The topological polar surface area (TPSA) is 105 Å². The van der Waals surface area contributed by atoms with E-state index in [1.807, 2.05) is 30.3 Å². The van der Waals surface area contributed by atoms with Gasteiger partial charge >= 0.3 is 0 Å². The fourth-order valence-corrected chi connectivity index (χ4v) is 5.44. The van der Waals surface area contributed by atoms with E-state index in [2.05, 4.69) is 5.32 Å². The van der Waals surface area contributed by atoms with Crippen LogP contribution in [0.3, 0.4) is 0 Å². The number of methoxy groups -OCH3 is 2. The number of sulfonamides is 1. The number of ether oxygens (including phenoxy) is 2. The second kappa shape index (κ2) is 13.0. The quantitative estimate of drug-likeness (QED) is 0.379. The van der Waals surface area contributed by atoms with Crippen molar-refractivity contribution in [2.45, 2.75) is 24.3 Å². The molecule has 10 heteroatoms. The lowest BCUT2D eigenvalue weighted by molar-refractivity contribution is -0.138. The van der Waals surface area contributed by atoms with Gasteiger partial charge in [0.15, 0.2) is 0 Å². The summed E-state index contributed by atoms with van der Waals surface area (Å²) in [6.45, 7) is 1.27. The highest BCUT2D eigenvalue weighted by Crippen LogP contribution is 2.35. The van der Waals surface area contributed by atoms with Crippen molar-refractivity contribution in [3.63, 3.8) is 0 Å². The first-order valence-electron chi connectivity index (χ1n) is 12.1. The van der Waals surface area contributed by atoms with E-state index < -0.39 is 28.5 Å². The van der Waals surface area contributed by atoms with Crippen LogP contribution in [0.2, 0.25) is 0 Å². The molecule has 9 nitrogen and oxygen atoms in total. The van der Waals surface area contributed by atoms with Gasteiger partial charge in [-0.1, -0.05) is 48.5 Å². The Labute approximate surface area is 224 Å².